The van der Waals surface area contributed by atoms with Gasteiger partial charge in [0.2, 0.25) is 0 Å². The number of nitrogens with two attached hydrogens (primary N) is 6. The molecule has 27 heavy (non-hydrogen) atoms. The third kappa shape index (κ3) is 6.03. The second kappa shape index (κ2) is 9.08. The largest absolute Gasteiger partial charge is 0.393 e. The van der Waals surface area contributed by atoms with Crippen LogP contribution in [0.4, 0.5) is 5.69 Å². The summed E-state index contributed by atoms with van der Waals surface area (Å²) in [4.78, 5) is 12.3. The van der Waals surface area contributed by atoms with Gasteiger partial charge in [-0.3, -0.25) is 9.98 Å². The fraction of sp³-hybridized carbons (Fsp3) is 0.471. The first-order valence-electron chi connectivity index (χ1n) is 8.74. The zero-order chi connectivity index (χ0) is 20.0. The Balaban J connectivity index is 2.22. The van der Waals surface area contributed by atoms with E-state index in [4.69, 9.17) is 34.4 Å². The summed E-state index contributed by atoms with van der Waals surface area (Å²) in [5.74, 6) is 0.243. The van der Waals surface area contributed by atoms with Crippen molar-refractivity contribution < 1.29 is 5.11 Å². The van der Waals surface area contributed by atoms with Crippen LogP contribution < -0.4 is 34.4 Å². The van der Waals surface area contributed by atoms with Gasteiger partial charge in [-0.05, 0) is 42.4 Å². The monoisotopic (exact) mass is 375 g/mol. The maximum absolute atomic E-state index is 10.6. The van der Waals surface area contributed by atoms with Gasteiger partial charge in [-0.2, -0.15) is 0 Å². The molecule has 0 bridgehead atoms. The van der Waals surface area contributed by atoms with Crippen molar-refractivity contribution >= 4 is 23.6 Å². The first kappa shape index (κ1) is 20.3. The van der Waals surface area contributed by atoms with Crippen molar-refractivity contribution in [2.45, 2.75) is 24.9 Å². The topological polar surface area (TPSA) is 213 Å². The van der Waals surface area contributed by atoms with E-state index in [2.05, 4.69) is 15.0 Å². The van der Waals surface area contributed by atoms with E-state index in [-0.39, 0.29) is 35.6 Å². The Labute approximate surface area is 158 Å². The van der Waals surface area contributed by atoms with Gasteiger partial charge >= 0.3 is 0 Å². The molecule has 1 saturated carbocycles. The number of nitrogens with zero attached hydrogens (tertiary/aromatic N) is 3. The Morgan fingerprint density at radius 2 is 1.37 bits per heavy atom. The molecule has 0 unspecified atom stereocenters. The molecule has 4 atom stereocenters. The summed E-state index contributed by atoms with van der Waals surface area (Å²) < 4.78 is 0. The lowest BCUT2D eigenvalue weighted by Gasteiger charge is -2.38. The average Bonchev–Trinajstić information content (AvgIpc) is 2.59. The second-order valence-corrected chi connectivity index (χ2v) is 6.82. The van der Waals surface area contributed by atoms with Gasteiger partial charge in [0.1, 0.15) is 0 Å². The van der Waals surface area contributed by atoms with E-state index < -0.39 is 6.10 Å². The van der Waals surface area contributed by atoms with Gasteiger partial charge in [-0.1, -0.05) is 12.1 Å². The maximum Gasteiger partial charge on any atom is 0.191 e. The molecular formula is C17H29N9O. The average molecular weight is 375 g/mol. The van der Waals surface area contributed by atoms with Crippen molar-refractivity contribution in [1.29, 1.82) is 0 Å². The molecule has 0 radical (unpaired) electrons. The van der Waals surface area contributed by atoms with E-state index in [1.165, 1.54) is 0 Å². The summed E-state index contributed by atoms with van der Waals surface area (Å²) in [6.07, 6.45) is 0.748. The maximum atomic E-state index is 10.6. The summed E-state index contributed by atoms with van der Waals surface area (Å²) in [5.41, 5.74) is 34.4. The predicted molar refractivity (Wildman–Crippen MR) is 108 cm³/mol. The van der Waals surface area contributed by atoms with E-state index in [0.717, 1.165) is 5.56 Å². The van der Waals surface area contributed by atoms with Crippen LogP contribution in [0.3, 0.4) is 0 Å². The van der Waals surface area contributed by atoms with Gasteiger partial charge in [-0.25, -0.2) is 4.99 Å². The van der Waals surface area contributed by atoms with Crippen molar-refractivity contribution in [1.82, 2.24) is 0 Å². The van der Waals surface area contributed by atoms with E-state index in [1.807, 2.05) is 24.3 Å². The molecule has 1 aliphatic carbocycles. The third-order valence-electron chi connectivity index (χ3n) is 4.81. The van der Waals surface area contributed by atoms with Crippen LogP contribution in [-0.2, 0) is 0 Å². The minimum absolute atomic E-state index is 0.00375. The molecule has 0 saturated heterocycles. The molecule has 10 nitrogen and oxygen atoms in total. The minimum atomic E-state index is -0.522. The Bertz CT molecular complexity index is 702. The Kier molecular flexibility index (Phi) is 6.83. The van der Waals surface area contributed by atoms with Crippen molar-refractivity contribution in [2.24, 2.45) is 61.2 Å². The van der Waals surface area contributed by atoms with Gasteiger partial charge < -0.3 is 39.5 Å². The molecule has 1 aromatic carbocycles. The zero-order valence-corrected chi connectivity index (χ0v) is 15.2. The van der Waals surface area contributed by atoms with Crippen LogP contribution in [-0.4, -0.2) is 42.2 Å². The highest BCUT2D eigenvalue weighted by atomic mass is 16.3. The number of aliphatic imine (C=N–C) groups is 3. The first-order chi connectivity index (χ1) is 12.8. The minimum Gasteiger partial charge on any atom is -0.393 e. The molecule has 148 valence electrons. The number of aliphatic hydroxyl groups is 1. The van der Waals surface area contributed by atoms with Crippen LogP contribution in [0.2, 0.25) is 0 Å². The van der Waals surface area contributed by atoms with Gasteiger partial charge in [0.25, 0.3) is 0 Å². The highest BCUT2D eigenvalue weighted by Gasteiger charge is 2.36. The van der Waals surface area contributed by atoms with Crippen LogP contribution in [0.1, 0.15) is 24.3 Å². The lowest BCUT2D eigenvalue weighted by Crippen LogP contribution is -2.38. The van der Waals surface area contributed by atoms with Crippen LogP contribution in [0.5, 0.6) is 0 Å². The molecule has 10 heteroatoms. The van der Waals surface area contributed by atoms with Crippen molar-refractivity contribution in [3.8, 4) is 0 Å². The number of hydrogen-bond donors (Lipinski definition) is 7. The summed E-state index contributed by atoms with van der Waals surface area (Å²) in [7, 11) is 0. The standard InChI is InChI=1S/C17H29N9O/c18-15(19)24-7-10-5-11(8-25-16(20)21)14(27)6-13(10)9-1-3-12(4-2-9)26-17(22)23/h1-4,10-11,13-14,27H,5-8H2,(H4,18,19,24)(H4,20,21,25)(H4,22,23,26)/t10-,11+,13-,14-/m1/s1. The zero-order valence-electron chi connectivity index (χ0n) is 15.2. The Morgan fingerprint density at radius 3 is 1.89 bits per heavy atom. The summed E-state index contributed by atoms with van der Waals surface area (Å²) >= 11 is 0. The molecule has 0 aromatic heterocycles. The molecule has 13 N–H and O–H groups in total. The van der Waals surface area contributed by atoms with Crippen molar-refractivity contribution in [3.63, 3.8) is 0 Å². The van der Waals surface area contributed by atoms with E-state index >= 15 is 0 Å². The number of rotatable bonds is 6. The van der Waals surface area contributed by atoms with Crippen LogP contribution in [0.25, 0.3) is 0 Å². The molecular weight excluding hydrogens is 346 g/mol. The highest BCUT2D eigenvalue weighted by Crippen LogP contribution is 2.41. The fourth-order valence-electron chi connectivity index (χ4n) is 3.55. The molecule has 0 amide bonds. The summed E-state index contributed by atoms with van der Waals surface area (Å²) in [6.45, 7) is 0.839. The molecule has 2 rings (SSSR count). The van der Waals surface area contributed by atoms with Crippen LogP contribution in [0, 0.1) is 11.8 Å². The van der Waals surface area contributed by atoms with Crippen LogP contribution in [0.15, 0.2) is 39.2 Å². The second-order valence-electron chi connectivity index (χ2n) is 6.82. The number of aliphatic hydroxyl groups excluding tert-OH is 1. The first-order valence-corrected chi connectivity index (χ1v) is 8.74. The predicted octanol–water partition coefficient (Wildman–Crippen LogP) is -1.39. The summed E-state index contributed by atoms with van der Waals surface area (Å²) in [5, 5.41) is 10.6. The van der Waals surface area contributed by atoms with Gasteiger partial charge in [0.05, 0.1) is 11.8 Å². The SMILES string of the molecule is NC(N)=NC[C@@H]1C[C@H](CN=C(N)N)[C@@H](c2ccc(N=C(N)N)cc2)C[C@H]1O. The fourth-order valence-corrected chi connectivity index (χ4v) is 3.55. The molecule has 0 heterocycles. The Morgan fingerprint density at radius 1 is 0.815 bits per heavy atom. The number of benzene rings is 1. The number of hydrogen-bond acceptors (Lipinski definition) is 4. The molecule has 0 aliphatic heterocycles. The normalized spacial score (nSPS) is 24.6. The van der Waals surface area contributed by atoms with Crippen molar-refractivity contribution in [2.75, 3.05) is 13.1 Å². The van der Waals surface area contributed by atoms with Crippen LogP contribution >= 0.6 is 0 Å². The van der Waals surface area contributed by atoms with Gasteiger partial charge in [0, 0.05) is 19.0 Å². The van der Waals surface area contributed by atoms with E-state index in [9.17, 15) is 5.11 Å². The summed E-state index contributed by atoms with van der Waals surface area (Å²) in [6, 6.07) is 7.59. The lowest BCUT2D eigenvalue weighted by molar-refractivity contribution is 0.0419. The van der Waals surface area contributed by atoms with E-state index in [0.29, 0.717) is 31.6 Å². The van der Waals surface area contributed by atoms with E-state index in [1.54, 1.807) is 0 Å². The lowest BCUT2D eigenvalue weighted by atomic mass is 9.69. The molecule has 0 spiro atoms. The number of guanidine groups is 3. The molecule has 1 aliphatic rings. The smallest absolute Gasteiger partial charge is 0.191 e. The van der Waals surface area contributed by atoms with Gasteiger partial charge in [0.15, 0.2) is 17.9 Å². The molecule has 1 aromatic rings. The van der Waals surface area contributed by atoms with Gasteiger partial charge in [-0.15, -0.1) is 0 Å². The third-order valence-corrected chi connectivity index (χ3v) is 4.81. The molecule has 1 fully saturated rings. The van der Waals surface area contributed by atoms with Crippen molar-refractivity contribution in [3.05, 3.63) is 29.8 Å². The Hall–Kier alpha value is -3.01. The highest BCUT2D eigenvalue weighted by molar-refractivity contribution is 5.79. The quantitative estimate of drug-likeness (QED) is 0.233.